The zero-order chi connectivity index (χ0) is 13.1. The Morgan fingerprint density at radius 1 is 1.72 bits per heavy atom. The monoisotopic (exact) mass is 260 g/mol. The van der Waals surface area contributed by atoms with Crippen molar-refractivity contribution in [1.29, 1.82) is 5.26 Å². The lowest BCUT2D eigenvalue weighted by molar-refractivity contribution is -0.114. The molecule has 3 nitrogen and oxygen atoms in total. The summed E-state index contributed by atoms with van der Waals surface area (Å²) in [4.78, 5) is 16.4. The Morgan fingerprint density at radius 3 is 3.00 bits per heavy atom. The molecular weight excluding hydrogens is 244 g/mol. The summed E-state index contributed by atoms with van der Waals surface area (Å²) in [6.07, 6.45) is 4.80. The molecule has 0 aromatic carbocycles. The van der Waals surface area contributed by atoms with Crippen molar-refractivity contribution in [2.75, 3.05) is 0 Å². The van der Waals surface area contributed by atoms with E-state index in [2.05, 4.69) is 18.0 Å². The van der Waals surface area contributed by atoms with Gasteiger partial charge in [-0.2, -0.15) is 5.26 Å². The van der Waals surface area contributed by atoms with Crippen molar-refractivity contribution in [3.63, 3.8) is 0 Å². The first-order valence-electron chi connectivity index (χ1n) is 6.15. The third kappa shape index (κ3) is 2.85. The van der Waals surface area contributed by atoms with E-state index < -0.39 is 5.92 Å². The molecule has 0 bridgehead atoms. The lowest BCUT2D eigenvalue weighted by Gasteiger charge is -2.02. The summed E-state index contributed by atoms with van der Waals surface area (Å²) < 4.78 is 0. The topological polar surface area (TPSA) is 53.8 Å². The van der Waals surface area contributed by atoms with E-state index in [-0.39, 0.29) is 5.78 Å². The summed E-state index contributed by atoms with van der Waals surface area (Å²) in [7, 11) is 0. The maximum absolute atomic E-state index is 12.1. The van der Waals surface area contributed by atoms with Gasteiger partial charge in [0, 0.05) is 11.1 Å². The molecule has 0 radical (unpaired) electrons. The first-order chi connectivity index (χ1) is 8.60. The molecule has 1 saturated carbocycles. The third-order valence-corrected chi connectivity index (χ3v) is 4.24. The summed E-state index contributed by atoms with van der Waals surface area (Å²) in [5.74, 6) is -0.185. The van der Waals surface area contributed by atoms with Crippen LogP contribution in [-0.2, 0) is 4.79 Å². The second-order valence-electron chi connectivity index (χ2n) is 4.94. The first kappa shape index (κ1) is 13.0. The molecule has 1 heterocycles. The molecule has 1 aromatic heterocycles. The van der Waals surface area contributed by atoms with E-state index in [1.807, 2.05) is 12.3 Å². The Labute approximate surface area is 111 Å². The number of ketones is 1. The largest absolute Gasteiger partial charge is 0.293 e. The zero-order valence-electron chi connectivity index (χ0n) is 10.6. The highest BCUT2D eigenvalue weighted by Crippen LogP contribution is 2.30. The van der Waals surface area contributed by atoms with Gasteiger partial charge in [0.1, 0.15) is 5.01 Å². The number of carbonyl (C=O) groups is 1. The minimum atomic E-state index is -0.730. The van der Waals surface area contributed by atoms with Gasteiger partial charge in [0.15, 0.2) is 11.7 Å². The fraction of sp³-hybridized carbons (Fsp3) is 0.500. The molecule has 2 unspecified atom stereocenters. The van der Waals surface area contributed by atoms with Gasteiger partial charge in [0.2, 0.25) is 0 Å². The van der Waals surface area contributed by atoms with E-state index in [4.69, 9.17) is 5.26 Å². The van der Waals surface area contributed by atoms with Crippen molar-refractivity contribution in [1.82, 2.24) is 4.98 Å². The predicted molar refractivity (Wildman–Crippen MR) is 71.3 cm³/mol. The zero-order valence-corrected chi connectivity index (χ0v) is 11.5. The van der Waals surface area contributed by atoms with Gasteiger partial charge < -0.3 is 0 Å². The fourth-order valence-corrected chi connectivity index (χ4v) is 3.09. The molecule has 1 aliphatic carbocycles. The van der Waals surface area contributed by atoms with Gasteiger partial charge in [-0.15, -0.1) is 11.3 Å². The molecule has 94 valence electrons. The Hall–Kier alpha value is -1.47. The van der Waals surface area contributed by atoms with Gasteiger partial charge in [-0.05, 0) is 38.2 Å². The quantitative estimate of drug-likeness (QED) is 0.783. The lowest BCUT2D eigenvalue weighted by Crippen LogP contribution is -2.08. The van der Waals surface area contributed by atoms with E-state index in [9.17, 15) is 4.79 Å². The van der Waals surface area contributed by atoms with Crippen molar-refractivity contribution in [2.24, 2.45) is 5.92 Å². The van der Waals surface area contributed by atoms with E-state index in [1.54, 1.807) is 6.08 Å². The number of nitrogens with zero attached hydrogens (tertiary/aromatic N) is 2. The van der Waals surface area contributed by atoms with Crippen LogP contribution >= 0.6 is 11.3 Å². The lowest BCUT2D eigenvalue weighted by atomic mass is 10.0. The van der Waals surface area contributed by atoms with Gasteiger partial charge in [-0.1, -0.05) is 12.5 Å². The Bertz CT molecular complexity index is 524. The molecule has 2 atom stereocenters. The molecule has 0 aliphatic heterocycles. The summed E-state index contributed by atoms with van der Waals surface area (Å²) in [5, 5.41) is 11.6. The van der Waals surface area contributed by atoms with Crippen LogP contribution in [0.3, 0.4) is 0 Å². The van der Waals surface area contributed by atoms with Crippen LogP contribution in [0, 0.1) is 24.2 Å². The normalized spacial score (nSPS) is 22.9. The summed E-state index contributed by atoms with van der Waals surface area (Å²) in [6, 6.07) is 2.07. The molecule has 0 spiro atoms. The number of rotatable bonds is 3. The SMILES string of the molecule is Cc1csc(C(C#N)C(=O)/C=C2\CCC(C)C2)n1. The number of thiazole rings is 1. The fourth-order valence-electron chi connectivity index (χ4n) is 2.24. The van der Waals surface area contributed by atoms with E-state index in [0.717, 1.165) is 25.0 Å². The number of hydrogen-bond acceptors (Lipinski definition) is 4. The molecule has 4 heteroatoms. The number of aromatic nitrogens is 1. The molecule has 2 rings (SSSR count). The van der Waals surface area contributed by atoms with Gasteiger partial charge in [-0.3, -0.25) is 4.79 Å². The highest BCUT2D eigenvalue weighted by Gasteiger charge is 2.23. The second kappa shape index (κ2) is 5.45. The molecule has 0 N–H and O–H groups in total. The Morgan fingerprint density at radius 2 is 2.50 bits per heavy atom. The van der Waals surface area contributed by atoms with Crippen molar-refractivity contribution in [2.45, 2.75) is 39.0 Å². The molecule has 18 heavy (non-hydrogen) atoms. The second-order valence-corrected chi connectivity index (χ2v) is 5.83. The summed E-state index contributed by atoms with van der Waals surface area (Å²) in [6.45, 7) is 4.06. The molecule has 1 aliphatic rings. The summed E-state index contributed by atoms with van der Waals surface area (Å²) in [5.41, 5.74) is 2.05. The van der Waals surface area contributed by atoms with Crippen LogP contribution in [0.1, 0.15) is 42.8 Å². The predicted octanol–water partition coefficient (Wildman–Crippen LogP) is 3.37. The third-order valence-electron chi connectivity index (χ3n) is 3.21. The van der Waals surface area contributed by atoms with E-state index >= 15 is 0 Å². The maximum atomic E-state index is 12.1. The van der Waals surface area contributed by atoms with Crippen LogP contribution in [0.15, 0.2) is 17.0 Å². The number of aryl methyl sites for hydroxylation is 1. The van der Waals surface area contributed by atoms with Gasteiger partial charge in [-0.25, -0.2) is 4.98 Å². The van der Waals surface area contributed by atoms with Crippen LogP contribution in [0.5, 0.6) is 0 Å². The first-order valence-corrected chi connectivity index (χ1v) is 7.03. The van der Waals surface area contributed by atoms with Gasteiger partial charge in [0.05, 0.1) is 6.07 Å². The molecule has 1 aromatic rings. The number of carbonyl (C=O) groups excluding carboxylic acids is 1. The smallest absolute Gasteiger partial charge is 0.179 e. The maximum Gasteiger partial charge on any atom is 0.179 e. The van der Waals surface area contributed by atoms with E-state index in [0.29, 0.717) is 10.9 Å². The van der Waals surface area contributed by atoms with Crippen LogP contribution in [0.25, 0.3) is 0 Å². The van der Waals surface area contributed by atoms with Crippen LogP contribution in [0.4, 0.5) is 0 Å². The van der Waals surface area contributed by atoms with Crippen molar-refractivity contribution in [3.05, 3.63) is 27.7 Å². The van der Waals surface area contributed by atoms with Crippen LogP contribution in [0.2, 0.25) is 0 Å². The number of allylic oxidation sites excluding steroid dienone is 2. The molecular formula is C14H16N2OS. The average Bonchev–Trinajstić information content (AvgIpc) is 2.89. The highest BCUT2D eigenvalue weighted by molar-refractivity contribution is 7.09. The van der Waals surface area contributed by atoms with Gasteiger partial charge >= 0.3 is 0 Å². The van der Waals surface area contributed by atoms with Crippen LogP contribution in [-0.4, -0.2) is 10.8 Å². The minimum Gasteiger partial charge on any atom is -0.293 e. The van der Waals surface area contributed by atoms with Crippen molar-refractivity contribution in [3.8, 4) is 6.07 Å². The van der Waals surface area contributed by atoms with Crippen molar-refractivity contribution < 1.29 is 4.79 Å². The minimum absolute atomic E-state index is 0.115. The Balaban J connectivity index is 2.14. The Kier molecular flexibility index (Phi) is 3.93. The molecule has 1 fully saturated rings. The van der Waals surface area contributed by atoms with Gasteiger partial charge in [0.25, 0.3) is 0 Å². The van der Waals surface area contributed by atoms with Crippen LogP contribution < -0.4 is 0 Å². The van der Waals surface area contributed by atoms with E-state index in [1.165, 1.54) is 16.9 Å². The standard InChI is InChI=1S/C14H16N2OS/c1-9-3-4-11(5-9)6-13(17)12(7-15)14-16-10(2)8-18-14/h6,8-9,12H,3-5H2,1-2H3/b11-6+. The summed E-state index contributed by atoms with van der Waals surface area (Å²) >= 11 is 1.39. The molecule has 0 amide bonds. The number of hydrogen-bond donors (Lipinski definition) is 0. The molecule has 0 saturated heterocycles. The van der Waals surface area contributed by atoms with Crippen molar-refractivity contribution >= 4 is 17.1 Å². The highest BCUT2D eigenvalue weighted by atomic mass is 32.1. The number of nitriles is 1. The average molecular weight is 260 g/mol.